The molecule has 0 saturated heterocycles. The molecule has 0 aliphatic carbocycles. The molecule has 0 bridgehead atoms. The summed E-state index contributed by atoms with van der Waals surface area (Å²) in [6.45, 7) is 9.26. The number of carbonyl (C=O) groups excluding carboxylic acids is 1. The Labute approximate surface area is 142 Å². The molecule has 1 aliphatic heterocycles. The number of carbonyl (C=O) groups is 1. The molecule has 4 nitrogen and oxygen atoms in total. The molecule has 2 aromatic heterocycles. The lowest BCUT2D eigenvalue weighted by atomic mass is 9.97. The number of amides is 1. The van der Waals surface area contributed by atoms with Crippen molar-refractivity contribution in [1.29, 1.82) is 0 Å². The molecule has 1 amide bonds. The van der Waals surface area contributed by atoms with E-state index in [1.807, 2.05) is 24.9 Å². The Bertz CT molecular complexity index is 668. The summed E-state index contributed by atoms with van der Waals surface area (Å²) in [4.78, 5) is 18.0. The number of pyridine rings is 1. The molecule has 3 heterocycles. The first-order valence-electron chi connectivity index (χ1n) is 7.15. The maximum Gasteiger partial charge on any atom is 0.219 e. The van der Waals surface area contributed by atoms with Crippen molar-refractivity contribution >= 4 is 47.3 Å². The monoisotopic (exact) mass is 417 g/mol. The van der Waals surface area contributed by atoms with Gasteiger partial charge in [-0.25, -0.2) is 4.98 Å². The SMILES string of the molecule is CC.CC(=O)N1CCc2c(cnc3c2c(C)cn3SI)C1. The summed E-state index contributed by atoms with van der Waals surface area (Å²) in [6, 6.07) is 0. The highest BCUT2D eigenvalue weighted by molar-refractivity contribution is 14.2. The first-order valence-corrected chi connectivity index (χ1v) is 10.5. The summed E-state index contributed by atoms with van der Waals surface area (Å²) < 4.78 is 2.10. The van der Waals surface area contributed by atoms with Gasteiger partial charge in [0, 0.05) is 68.1 Å². The second kappa shape index (κ2) is 7.00. The van der Waals surface area contributed by atoms with Gasteiger partial charge in [-0.2, -0.15) is 0 Å². The molecule has 0 atom stereocenters. The molecule has 114 valence electrons. The summed E-state index contributed by atoms with van der Waals surface area (Å²) in [5.74, 6) is 0.142. The third-order valence-electron chi connectivity index (χ3n) is 3.68. The van der Waals surface area contributed by atoms with Crippen LogP contribution in [0.5, 0.6) is 0 Å². The third-order valence-corrected chi connectivity index (χ3v) is 5.38. The average molecular weight is 417 g/mol. The van der Waals surface area contributed by atoms with Crippen molar-refractivity contribution in [3.63, 3.8) is 0 Å². The van der Waals surface area contributed by atoms with Crippen molar-refractivity contribution in [3.05, 3.63) is 29.1 Å². The van der Waals surface area contributed by atoms with Gasteiger partial charge in [0.05, 0.1) is 0 Å². The molecule has 0 spiro atoms. The van der Waals surface area contributed by atoms with Gasteiger partial charge in [0.15, 0.2) is 5.65 Å². The molecule has 6 heteroatoms. The Morgan fingerprint density at radius 3 is 2.76 bits per heavy atom. The topological polar surface area (TPSA) is 38.1 Å². The minimum absolute atomic E-state index is 0.142. The van der Waals surface area contributed by atoms with E-state index in [-0.39, 0.29) is 5.91 Å². The molecule has 21 heavy (non-hydrogen) atoms. The van der Waals surface area contributed by atoms with E-state index in [0.29, 0.717) is 6.54 Å². The van der Waals surface area contributed by atoms with Crippen LogP contribution < -0.4 is 0 Å². The van der Waals surface area contributed by atoms with Crippen LogP contribution >= 0.6 is 30.3 Å². The molecule has 0 radical (unpaired) electrons. The second-order valence-electron chi connectivity index (χ2n) is 4.86. The smallest absolute Gasteiger partial charge is 0.219 e. The van der Waals surface area contributed by atoms with Gasteiger partial charge in [-0.15, -0.1) is 0 Å². The minimum atomic E-state index is 0.142. The van der Waals surface area contributed by atoms with E-state index >= 15 is 0 Å². The van der Waals surface area contributed by atoms with E-state index in [1.165, 1.54) is 22.1 Å². The van der Waals surface area contributed by atoms with Crippen LogP contribution in [0.4, 0.5) is 0 Å². The van der Waals surface area contributed by atoms with Gasteiger partial charge in [-0.3, -0.25) is 8.77 Å². The molecule has 0 aromatic carbocycles. The van der Waals surface area contributed by atoms with E-state index in [2.05, 4.69) is 43.3 Å². The molecular formula is C15H20IN3OS. The highest BCUT2D eigenvalue weighted by atomic mass is 127. The van der Waals surface area contributed by atoms with Crippen molar-refractivity contribution in [1.82, 2.24) is 13.9 Å². The van der Waals surface area contributed by atoms with Gasteiger partial charge >= 0.3 is 0 Å². The van der Waals surface area contributed by atoms with Crippen molar-refractivity contribution in [3.8, 4) is 0 Å². The van der Waals surface area contributed by atoms with Crippen LogP contribution in [0.2, 0.25) is 0 Å². The molecule has 2 aromatic rings. The standard InChI is InChI=1S/C13H14IN3OS.C2H6/c1-8-6-17(19-14)13-12(8)11-3-4-16(9(2)18)7-10(11)5-15-13;1-2/h5-6H,3-4,7H2,1-2H3;1-2H3. The maximum atomic E-state index is 11.5. The molecule has 0 fully saturated rings. The summed E-state index contributed by atoms with van der Waals surface area (Å²) in [7, 11) is 1.63. The average Bonchev–Trinajstić information content (AvgIpc) is 2.85. The summed E-state index contributed by atoms with van der Waals surface area (Å²) in [5.41, 5.74) is 4.85. The van der Waals surface area contributed by atoms with Gasteiger partial charge in [0.2, 0.25) is 5.91 Å². The van der Waals surface area contributed by atoms with E-state index in [4.69, 9.17) is 0 Å². The quantitative estimate of drug-likeness (QED) is 0.656. The molecule has 0 saturated carbocycles. The lowest BCUT2D eigenvalue weighted by molar-refractivity contribution is -0.129. The Kier molecular flexibility index (Phi) is 5.54. The number of aryl methyl sites for hydroxylation is 1. The fraction of sp³-hybridized carbons (Fsp3) is 0.467. The Hall–Kier alpha value is -0.760. The summed E-state index contributed by atoms with van der Waals surface area (Å²) in [5, 5.41) is 1.27. The van der Waals surface area contributed by atoms with Crippen LogP contribution in [-0.2, 0) is 17.8 Å². The molecular weight excluding hydrogens is 397 g/mol. The largest absolute Gasteiger partial charge is 0.338 e. The lowest BCUT2D eigenvalue weighted by Gasteiger charge is -2.28. The second-order valence-corrected chi connectivity index (χ2v) is 6.57. The number of fused-ring (bicyclic) bond motifs is 3. The summed E-state index contributed by atoms with van der Waals surface area (Å²) in [6.07, 6.45) is 4.98. The molecule has 0 N–H and O–H groups in total. The van der Waals surface area contributed by atoms with Gasteiger partial charge in [0.25, 0.3) is 0 Å². The fourth-order valence-corrected chi connectivity index (χ4v) is 4.04. The number of nitrogens with zero attached hydrogens (tertiary/aromatic N) is 3. The maximum absolute atomic E-state index is 11.5. The van der Waals surface area contributed by atoms with Crippen LogP contribution in [0.1, 0.15) is 37.5 Å². The summed E-state index contributed by atoms with van der Waals surface area (Å²) >= 11 is 2.27. The van der Waals surface area contributed by atoms with Crippen LogP contribution in [0.25, 0.3) is 11.0 Å². The first kappa shape index (κ1) is 16.6. The van der Waals surface area contributed by atoms with E-state index in [1.54, 1.807) is 16.0 Å². The van der Waals surface area contributed by atoms with Gasteiger partial charge < -0.3 is 4.90 Å². The zero-order valence-corrected chi connectivity index (χ0v) is 15.8. The zero-order valence-electron chi connectivity index (χ0n) is 12.8. The fourth-order valence-electron chi connectivity index (χ4n) is 2.73. The van der Waals surface area contributed by atoms with Crippen LogP contribution in [-0.4, -0.2) is 26.3 Å². The van der Waals surface area contributed by atoms with E-state index in [0.717, 1.165) is 18.6 Å². The zero-order chi connectivity index (χ0) is 15.6. The van der Waals surface area contributed by atoms with E-state index in [9.17, 15) is 4.79 Å². The predicted octanol–water partition coefficient (Wildman–Crippen LogP) is 4.12. The number of rotatable bonds is 1. The van der Waals surface area contributed by atoms with Crippen LogP contribution in [0.3, 0.4) is 0 Å². The van der Waals surface area contributed by atoms with Gasteiger partial charge in [-0.05, 0) is 30.0 Å². The first-order chi connectivity index (χ1) is 10.1. The van der Waals surface area contributed by atoms with Gasteiger partial charge in [0.1, 0.15) is 0 Å². The number of hydrogen-bond acceptors (Lipinski definition) is 3. The van der Waals surface area contributed by atoms with Crippen molar-refractivity contribution in [2.45, 2.75) is 40.7 Å². The Morgan fingerprint density at radius 1 is 1.43 bits per heavy atom. The molecule has 3 rings (SSSR count). The lowest BCUT2D eigenvalue weighted by Crippen LogP contribution is -2.34. The van der Waals surface area contributed by atoms with E-state index < -0.39 is 0 Å². The highest BCUT2D eigenvalue weighted by Crippen LogP contribution is 2.32. The highest BCUT2D eigenvalue weighted by Gasteiger charge is 2.22. The number of halogens is 1. The minimum Gasteiger partial charge on any atom is -0.338 e. The van der Waals surface area contributed by atoms with Gasteiger partial charge in [-0.1, -0.05) is 13.8 Å². The Morgan fingerprint density at radius 2 is 2.14 bits per heavy atom. The third kappa shape index (κ3) is 3.06. The molecule has 1 aliphatic rings. The number of hydrogen-bond donors (Lipinski definition) is 0. The van der Waals surface area contributed by atoms with Crippen LogP contribution in [0.15, 0.2) is 12.4 Å². The number of aromatic nitrogens is 2. The normalized spacial score (nSPS) is 13.7. The Balaban J connectivity index is 0.000000774. The predicted molar refractivity (Wildman–Crippen MR) is 97.6 cm³/mol. The van der Waals surface area contributed by atoms with Crippen molar-refractivity contribution in [2.24, 2.45) is 0 Å². The van der Waals surface area contributed by atoms with Crippen molar-refractivity contribution in [2.75, 3.05) is 6.54 Å². The van der Waals surface area contributed by atoms with Crippen LogP contribution in [0, 0.1) is 6.92 Å². The molecule has 0 unspecified atom stereocenters. The van der Waals surface area contributed by atoms with Crippen molar-refractivity contribution < 1.29 is 4.79 Å².